The summed E-state index contributed by atoms with van der Waals surface area (Å²) in [6, 6.07) is 18.3. The number of aromatic amines is 1. The van der Waals surface area contributed by atoms with Crippen molar-refractivity contribution in [3.63, 3.8) is 0 Å². The van der Waals surface area contributed by atoms with E-state index in [0.717, 1.165) is 49.6 Å². The first-order valence-corrected chi connectivity index (χ1v) is 9.72. The van der Waals surface area contributed by atoms with Crippen LogP contribution in [0.25, 0.3) is 33.6 Å². The minimum absolute atomic E-state index is 0.660. The topological polar surface area (TPSA) is 71.4 Å². The first kappa shape index (κ1) is 16.9. The molecule has 0 saturated carbocycles. The van der Waals surface area contributed by atoms with Crippen molar-refractivity contribution in [1.29, 1.82) is 0 Å². The smallest absolute Gasteiger partial charge is 0.157 e. The monoisotopic (exact) mass is 432 g/mol. The highest BCUT2D eigenvalue weighted by molar-refractivity contribution is 9.10. The van der Waals surface area contributed by atoms with Gasteiger partial charge in [-0.2, -0.15) is 0 Å². The Balaban J connectivity index is 1.35. The summed E-state index contributed by atoms with van der Waals surface area (Å²) >= 11 is 3.43. The van der Waals surface area contributed by atoms with Gasteiger partial charge in [0, 0.05) is 29.0 Å². The van der Waals surface area contributed by atoms with Gasteiger partial charge >= 0.3 is 0 Å². The van der Waals surface area contributed by atoms with Crippen LogP contribution in [0, 0.1) is 0 Å². The minimum atomic E-state index is 0.660. The van der Waals surface area contributed by atoms with E-state index >= 15 is 0 Å². The molecule has 3 aromatic heterocycles. The van der Waals surface area contributed by atoms with Gasteiger partial charge in [-0.25, -0.2) is 15.0 Å². The largest absolute Gasteiger partial charge is 0.378 e. The molecular formula is C21H17BrN6. The second-order valence-electron chi connectivity index (χ2n) is 6.61. The van der Waals surface area contributed by atoms with Crippen LogP contribution in [-0.2, 0) is 13.6 Å². The van der Waals surface area contributed by atoms with Gasteiger partial charge in [0.05, 0.1) is 17.6 Å². The number of benzene rings is 2. The molecule has 6 nitrogen and oxygen atoms in total. The molecule has 0 spiro atoms. The number of hydrogen-bond donors (Lipinski definition) is 2. The quantitative estimate of drug-likeness (QED) is 0.424. The SMILES string of the molecule is Cn1c(CNc2ccc(-c3nc4cc(Br)cnc4[nH]3)cc2)nc2ccccc21. The Morgan fingerprint density at radius 1 is 1.04 bits per heavy atom. The minimum Gasteiger partial charge on any atom is -0.378 e. The zero-order valence-electron chi connectivity index (χ0n) is 15.1. The van der Waals surface area contributed by atoms with E-state index in [1.807, 2.05) is 43.4 Å². The first-order valence-electron chi connectivity index (χ1n) is 8.93. The summed E-state index contributed by atoms with van der Waals surface area (Å²) in [6.45, 7) is 0.660. The van der Waals surface area contributed by atoms with Crippen molar-refractivity contribution in [3.05, 3.63) is 71.1 Å². The maximum absolute atomic E-state index is 4.70. The van der Waals surface area contributed by atoms with Crippen molar-refractivity contribution in [2.45, 2.75) is 6.54 Å². The number of fused-ring (bicyclic) bond motifs is 2. The molecule has 5 aromatic rings. The number of imidazole rings is 2. The second kappa shape index (κ2) is 6.76. The number of H-pyrrole nitrogens is 1. The van der Waals surface area contributed by atoms with E-state index in [2.05, 4.69) is 59.0 Å². The van der Waals surface area contributed by atoms with Crippen molar-refractivity contribution in [1.82, 2.24) is 24.5 Å². The predicted octanol–water partition coefficient (Wildman–Crippen LogP) is 4.89. The van der Waals surface area contributed by atoms with Crippen LogP contribution < -0.4 is 5.32 Å². The number of nitrogens with zero attached hydrogens (tertiary/aromatic N) is 4. The number of nitrogens with one attached hydrogen (secondary N) is 2. The third kappa shape index (κ3) is 3.03. The normalized spacial score (nSPS) is 11.4. The maximum Gasteiger partial charge on any atom is 0.157 e. The fourth-order valence-corrected chi connectivity index (χ4v) is 3.61. The van der Waals surface area contributed by atoms with E-state index in [9.17, 15) is 0 Å². The highest BCUT2D eigenvalue weighted by Gasteiger charge is 2.08. The van der Waals surface area contributed by atoms with E-state index in [0.29, 0.717) is 6.54 Å². The molecule has 0 amide bonds. The molecule has 28 heavy (non-hydrogen) atoms. The molecule has 0 atom stereocenters. The van der Waals surface area contributed by atoms with Crippen molar-refractivity contribution in [3.8, 4) is 11.4 Å². The molecule has 3 heterocycles. The Labute approximate surface area is 169 Å². The summed E-state index contributed by atoms with van der Waals surface area (Å²) < 4.78 is 3.04. The van der Waals surface area contributed by atoms with Crippen molar-refractivity contribution in [2.24, 2.45) is 7.05 Å². The van der Waals surface area contributed by atoms with E-state index < -0.39 is 0 Å². The first-order chi connectivity index (χ1) is 13.7. The summed E-state index contributed by atoms with van der Waals surface area (Å²) in [5.74, 6) is 1.81. The molecule has 0 radical (unpaired) electrons. The van der Waals surface area contributed by atoms with Gasteiger partial charge in [-0.1, -0.05) is 12.1 Å². The van der Waals surface area contributed by atoms with Gasteiger partial charge in [-0.05, 0) is 58.4 Å². The Hall–Kier alpha value is -3.19. The van der Waals surface area contributed by atoms with Crippen LogP contribution in [0.2, 0.25) is 0 Å². The van der Waals surface area contributed by atoms with Crippen LogP contribution in [0.15, 0.2) is 65.3 Å². The van der Waals surface area contributed by atoms with Crippen LogP contribution in [0.4, 0.5) is 5.69 Å². The number of rotatable bonds is 4. The molecule has 2 N–H and O–H groups in total. The third-order valence-corrected chi connectivity index (χ3v) is 5.23. The zero-order chi connectivity index (χ0) is 19.1. The fourth-order valence-electron chi connectivity index (χ4n) is 3.29. The Morgan fingerprint density at radius 2 is 1.86 bits per heavy atom. The van der Waals surface area contributed by atoms with Gasteiger partial charge in [-0.3, -0.25) is 0 Å². The second-order valence-corrected chi connectivity index (χ2v) is 7.53. The Morgan fingerprint density at radius 3 is 2.68 bits per heavy atom. The summed E-state index contributed by atoms with van der Waals surface area (Å²) in [5.41, 5.74) is 5.83. The van der Waals surface area contributed by atoms with Gasteiger partial charge in [0.15, 0.2) is 5.65 Å². The van der Waals surface area contributed by atoms with E-state index in [-0.39, 0.29) is 0 Å². The molecule has 0 aliphatic rings. The van der Waals surface area contributed by atoms with E-state index in [1.54, 1.807) is 6.20 Å². The van der Waals surface area contributed by atoms with Crippen molar-refractivity contribution < 1.29 is 0 Å². The molecule has 5 rings (SSSR count). The number of anilines is 1. The zero-order valence-corrected chi connectivity index (χ0v) is 16.7. The fraction of sp³-hybridized carbons (Fsp3) is 0.0952. The summed E-state index contributed by atoms with van der Waals surface area (Å²) in [5, 5.41) is 3.44. The molecule has 0 unspecified atom stereocenters. The van der Waals surface area contributed by atoms with Crippen molar-refractivity contribution in [2.75, 3.05) is 5.32 Å². The van der Waals surface area contributed by atoms with Gasteiger partial charge in [-0.15, -0.1) is 0 Å². The van der Waals surface area contributed by atoms with Gasteiger partial charge in [0.2, 0.25) is 0 Å². The lowest BCUT2D eigenvalue weighted by Gasteiger charge is -2.07. The lowest BCUT2D eigenvalue weighted by molar-refractivity contribution is 0.834. The number of halogens is 1. The highest BCUT2D eigenvalue weighted by atomic mass is 79.9. The molecule has 0 saturated heterocycles. The standard InChI is InChI=1S/C21H17BrN6/c1-28-18-5-3-2-4-16(18)25-19(28)12-23-15-8-6-13(7-9-15)20-26-17-10-14(22)11-24-21(17)27-20/h2-11,23H,12H2,1H3,(H,24,26,27). The van der Waals surface area contributed by atoms with Crippen molar-refractivity contribution >= 4 is 43.8 Å². The van der Waals surface area contributed by atoms with Crippen LogP contribution in [0.3, 0.4) is 0 Å². The molecule has 138 valence electrons. The van der Waals surface area contributed by atoms with E-state index in [1.165, 1.54) is 0 Å². The van der Waals surface area contributed by atoms with Gasteiger partial charge in [0.25, 0.3) is 0 Å². The number of aromatic nitrogens is 5. The molecule has 0 aliphatic carbocycles. The number of hydrogen-bond acceptors (Lipinski definition) is 4. The molecule has 2 aromatic carbocycles. The number of aryl methyl sites for hydroxylation is 1. The molecule has 0 bridgehead atoms. The molecule has 0 aliphatic heterocycles. The number of pyridine rings is 1. The lowest BCUT2D eigenvalue weighted by atomic mass is 10.2. The average Bonchev–Trinajstić information content (AvgIpc) is 3.28. The maximum atomic E-state index is 4.70. The Bertz CT molecular complexity index is 1290. The van der Waals surface area contributed by atoms with E-state index in [4.69, 9.17) is 4.98 Å². The lowest BCUT2D eigenvalue weighted by Crippen LogP contribution is -2.05. The molecule has 0 fully saturated rings. The Kier molecular flexibility index (Phi) is 4.09. The van der Waals surface area contributed by atoms with Crippen LogP contribution in [0.1, 0.15) is 5.82 Å². The summed E-state index contributed by atoms with van der Waals surface area (Å²) in [7, 11) is 2.05. The third-order valence-electron chi connectivity index (χ3n) is 4.79. The molecular weight excluding hydrogens is 416 g/mol. The van der Waals surface area contributed by atoms with Crippen LogP contribution >= 0.6 is 15.9 Å². The predicted molar refractivity (Wildman–Crippen MR) is 115 cm³/mol. The van der Waals surface area contributed by atoms with Crippen LogP contribution in [-0.4, -0.2) is 24.5 Å². The highest BCUT2D eigenvalue weighted by Crippen LogP contribution is 2.23. The van der Waals surface area contributed by atoms with Gasteiger partial charge < -0.3 is 14.9 Å². The molecule has 7 heteroatoms. The van der Waals surface area contributed by atoms with Gasteiger partial charge in [0.1, 0.15) is 17.2 Å². The van der Waals surface area contributed by atoms with Crippen LogP contribution in [0.5, 0.6) is 0 Å². The summed E-state index contributed by atoms with van der Waals surface area (Å²) in [4.78, 5) is 16.9. The number of para-hydroxylation sites is 2. The average molecular weight is 433 g/mol. The summed E-state index contributed by atoms with van der Waals surface area (Å²) in [6.07, 6.45) is 1.76.